The van der Waals surface area contributed by atoms with Gasteiger partial charge in [0, 0.05) is 17.8 Å². The fourth-order valence-electron chi connectivity index (χ4n) is 1.79. The van der Waals surface area contributed by atoms with Gasteiger partial charge in [-0.05, 0) is 31.9 Å². The van der Waals surface area contributed by atoms with Crippen molar-refractivity contribution < 1.29 is 9.47 Å². The molecule has 2 atom stereocenters. The fraction of sp³-hybridized carbons (Fsp3) is 0.600. The van der Waals surface area contributed by atoms with E-state index in [4.69, 9.17) is 9.47 Å². The highest BCUT2D eigenvalue weighted by Crippen LogP contribution is 2.30. The molecule has 1 N–H and O–H groups in total. The zero-order chi connectivity index (χ0) is 13.5. The maximum absolute atomic E-state index is 5.50. The van der Waals surface area contributed by atoms with Crippen molar-refractivity contribution in [3.63, 3.8) is 0 Å². The minimum Gasteiger partial charge on any atom is -0.493 e. The third-order valence-corrected chi connectivity index (χ3v) is 3.36. The van der Waals surface area contributed by atoms with Crippen molar-refractivity contribution in [3.05, 3.63) is 18.2 Å². The minimum absolute atomic E-state index is 0.442. The zero-order valence-electron chi connectivity index (χ0n) is 12.1. The summed E-state index contributed by atoms with van der Waals surface area (Å²) in [5.41, 5.74) is 1.07. The summed E-state index contributed by atoms with van der Waals surface area (Å²) in [5.74, 6) is 2.21. The van der Waals surface area contributed by atoms with Crippen molar-refractivity contribution in [1.82, 2.24) is 0 Å². The maximum atomic E-state index is 5.50. The normalized spacial score (nSPS) is 13.8. The van der Waals surface area contributed by atoms with Crippen LogP contribution in [0.2, 0.25) is 0 Å². The molecule has 2 unspecified atom stereocenters. The Hall–Kier alpha value is -1.38. The average molecular weight is 251 g/mol. The zero-order valence-corrected chi connectivity index (χ0v) is 12.1. The van der Waals surface area contributed by atoms with Gasteiger partial charge in [-0.25, -0.2) is 0 Å². The summed E-state index contributed by atoms with van der Waals surface area (Å²) >= 11 is 0. The molecule has 0 saturated carbocycles. The first-order valence-electron chi connectivity index (χ1n) is 6.69. The molecule has 1 aromatic rings. The molecular formula is C15H25NO2. The summed E-state index contributed by atoms with van der Waals surface area (Å²) in [5, 5.41) is 3.50. The van der Waals surface area contributed by atoms with Crippen LogP contribution in [0, 0.1) is 5.92 Å². The lowest BCUT2D eigenvalue weighted by Gasteiger charge is -2.21. The summed E-state index contributed by atoms with van der Waals surface area (Å²) in [7, 11) is 1.67. The first kappa shape index (κ1) is 14.7. The minimum atomic E-state index is 0.442. The van der Waals surface area contributed by atoms with E-state index in [1.165, 1.54) is 6.42 Å². The summed E-state index contributed by atoms with van der Waals surface area (Å²) in [6, 6.07) is 6.42. The summed E-state index contributed by atoms with van der Waals surface area (Å²) in [6.07, 6.45) is 1.17. The van der Waals surface area contributed by atoms with E-state index in [2.05, 4.69) is 26.1 Å². The number of methoxy groups -OCH3 is 1. The smallest absolute Gasteiger partial charge is 0.162 e. The second-order valence-electron chi connectivity index (χ2n) is 4.62. The molecule has 0 heterocycles. The molecule has 0 bridgehead atoms. The molecule has 1 rings (SSSR count). The third kappa shape index (κ3) is 3.83. The first-order valence-corrected chi connectivity index (χ1v) is 6.69. The summed E-state index contributed by atoms with van der Waals surface area (Å²) in [6.45, 7) is 9.28. The van der Waals surface area contributed by atoms with Gasteiger partial charge in [0.2, 0.25) is 0 Å². The standard InChI is InChI=1S/C15H25NO2/c1-6-11(3)12(4)16-13-8-9-14(18-7-2)15(10-13)17-5/h8-12,16H,6-7H2,1-5H3. The van der Waals surface area contributed by atoms with Gasteiger partial charge in [0.1, 0.15) is 0 Å². The third-order valence-electron chi connectivity index (χ3n) is 3.36. The van der Waals surface area contributed by atoms with Crippen LogP contribution in [-0.4, -0.2) is 19.8 Å². The lowest BCUT2D eigenvalue weighted by atomic mass is 10.0. The molecule has 0 aromatic heterocycles. The molecule has 0 aliphatic rings. The molecule has 0 aliphatic carbocycles. The Morgan fingerprint density at radius 1 is 1.17 bits per heavy atom. The number of rotatable bonds is 7. The largest absolute Gasteiger partial charge is 0.493 e. The Morgan fingerprint density at radius 2 is 1.89 bits per heavy atom. The van der Waals surface area contributed by atoms with Crippen LogP contribution < -0.4 is 14.8 Å². The van der Waals surface area contributed by atoms with E-state index in [0.29, 0.717) is 18.6 Å². The number of anilines is 1. The number of hydrogen-bond donors (Lipinski definition) is 1. The highest BCUT2D eigenvalue weighted by Gasteiger charge is 2.11. The number of hydrogen-bond acceptors (Lipinski definition) is 3. The lowest BCUT2D eigenvalue weighted by molar-refractivity contribution is 0.311. The van der Waals surface area contributed by atoms with E-state index in [0.717, 1.165) is 17.2 Å². The van der Waals surface area contributed by atoms with Crippen molar-refractivity contribution in [2.24, 2.45) is 5.92 Å². The number of ether oxygens (including phenoxy) is 2. The maximum Gasteiger partial charge on any atom is 0.162 e. The van der Waals surface area contributed by atoms with Gasteiger partial charge in [0.25, 0.3) is 0 Å². The van der Waals surface area contributed by atoms with Crippen LogP contribution in [0.25, 0.3) is 0 Å². The summed E-state index contributed by atoms with van der Waals surface area (Å²) < 4.78 is 10.8. The quantitative estimate of drug-likeness (QED) is 0.796. The van der Waals surface area contributed by atoms with Crippen LogP contribution in [0.4, 0.5) is 5.69 Å². The van der Waals surface area contributed by atoms with Crippen molar-refractivity contribution in [3.8, 4) is 11.5 Å². The van der Waals surface area contributed by atoms with E-state index >= 15 is 0 Å². The molecule has 3 nitrogen and oxygen atoms in total. The van der Waals surface area contributed by atoms with E-state index < -0.39 is 0 Å². The molecule has 0 spiro atoms. The Bertz CT molecular complexity index is 366. The molecule has 0 saturated heterocycles. The first-order chi connectivity index (χ1) is 8.62. The second-order valence-corrected chi connectivity index (χ2v) is 4.62. The summed E-state index contributed by atoms with van der Waals surface area (Å²) in [4.78, 5) is 0. The molecule has 0 amide bonds. The Kier molecular flexibility index (Phi) is 5.83. The van der Waals surface area contributed by atoms with Crippen LogP contribution in [0.5, 0.6) is 11.5 Å². The molecule has 3 heteroatoms. The number of benzene rings is 1. The lowest BCUT2D eigenvalue weighted by Crippen LogP contribution is -2.23. The predicted octanol–water partition coefficient (Wildman–Crippen LogP) is 3.94. The fourth-order valence-corrected chi connectivity index (χ4v) is 1.79. The highest BCUT2D eigenvalue weighted by atomic mass is 16.5. The Labute approximate surface area is 110 Å². The SMILES string of the molecule is CCOc1ccc(NC(C)C(C)CC)cc1OC. The van der Waals surface area contributed by atoms with Gasteiger partial charge in [-0.15, -0.1) is 0 Å². The Balaban J connectivity index is 2.79. The second kappa shape index (κ2) is 7.14. The van der Waals surface area contributed by atoms with Gasteiger partial charge >= 0.3 is 0 Å². The van der Waals surface area contributed by atoms with Gasteiger partial charge in [-0.1, -0.05) is 20.3 Å². The van der Waals surface area contributed by atoms with Crippen LogP contribution in [0.3, 0.4) is 0 Å². The molecule has 0 radical (unpaired) electrons. The highest BCUT2D eigenvalue weighted by molar-refractivity contribution is 5.55. The molecule has 1 aromatic carbocycles. The monoisotopic (exact) mass is 251 g/mol. The predicted molar refractivity (Wildman–Crippen MR) is 76.7 cm³/mol. The van der Waals surface area contributed by atoms with E-state index in [1.54, 1.807) is 7.11 Å². The average Bonchev–Trinajstić information content (AvgIpc) is 2.39. The van der Waals surface area contributed by atoms with Crippen LogP contribution in [0.1, 0.15) is 34.1 Å². The van der Waals surface area contributed by atoms with Crippen molar-refractivity contribution in [2.45, 2.75) is 40.2 Å². The van der Waals surface area contributed by atoms with Crippen LogP contribution in [-0.2, 0) is 0 Å². The molecule has 0 aliphatic heterocycles. The topological polar surface area (TPSA) is 30.5 Å². The van der Waals surface area contributed by atoms with Crippen molar-refractivity contribution in [1.29, 1.82) is 0 Å². The Morgan fingerprint density at radius 3 is 2.44 bits per heavy atom. The van der Waals surface area contributed by atoms with Crippen LogP contribution >= 0.6 is 0 Å². The van der Waals surface area contributed by atoms with Crippen molar-refractivity contribution in [2.75, 3.05) is 19.0 Å². The molecular weight excluding hydrogens is 226 g/mol. The molecule has 18 heavy (non-hydrogen) atoms. The van der Waals surface area contributed by atoms with E-state index in [-0.39, 0.29) is 0 Å². The van der Waals surface area contributed by atoms with E-state index in [9.17, 15) is 0 Å². The van der Waals surface area contributed by atoms with Crippen molar-refractivity contribution >= 4 is 5.69 Å². The van der Waals surface area contributed by atoms with E-state index in [1.807, 2.05) is 25.1 Å². The van der Waals surface area contributed by atoms with Gasteiger partial charge in [-0.3, -0.25) is 0 Å². The number of nitrogens with one attached hydrogen (secondary N) is 1. The van der Waals surface area contributed by atoms with Crippen LogP contribution in [0.15, 0.2) is 18.2 Å². The van der Waals surface area contributed by atoms with Gasteiger partial charge in [0.05, 0.1) is 13.7 Å². The van der Waals surface area contributed by atoms with Gasteiger partial charge < -0.3 is 14.8 Å². The molecule has 102 valence electrons. The van der Waals surface area contributed by atoms with Gasteiger partial charge in [0.15, 0.2) is 11.5 Å². The van der Waals surface area contributed by atoms with Gasteiger partial charge in [-0.2, -0.15) is 0 Å². The molecule has 0 fully saturated rings.